The van der Waals surface area contributed by atoms with Crippen molar-refractivity contribution >= 4 is 26.3 Å². The molecule has 0 aliphatic heterocycles. The molecule has 3 aromatic rings. The summed E-state index contributed by atoms with van der Waals surface area (Å²) in [6.07, 6.45) is 0. The minimum Gasteiger partial charge on any atom is -0.223 e. The first-order valence-corrected chi connectivity index (χ1v) is 9.15. The van der Waals surface area contributed by atoms with Gasteiger partial charge in [-0.2, -0.15) is 5.10 Å². The molecule has 0 saturated heterocycles. The highest BCUT2D eigenvalue weighted by molar-refractivity contribution is 7.89. The van der Waals surface area contributed by atoms with Gasteiger partial charge in [-0.25, -0.2) is 27.0 Å². The van der Waals surface area contributed by atoms with Gasteiger partial charge in [0.1, 0.15) is 10.8 Å². The molecule has 0 aliphatic carbocycles. The third kappa shape index (κ3) is 2.99. The van der Waals surface area contributed by atoms with E-state index < -0.39 is 15.8 Å². The number of halogens is 1. The van der Waals surface area contributed by atoms with Gasteiger partial charge in [0.2, 0.25) is 15.0 Å². The zero-order chi connectivity index (χ0) is 16.8. The van der Waals surface area contributed by atoms with Crippen LogP contribution >= 0.6 is 11.3 Å². The predicted octanol–water partition coefficient (Wildman–Crippen LogP) is 2.33. The number of nitrogens with zero attached hydrogens (tertiary/aromatic N) is 3. The number of nitrogens with one attached hydrogen (secondary N) is 1. The molecule has 0 unspecified atom stereocenters. The molecule has 2 heterocycles. The van der Waals surface area contributed by atoms with Crippen molar-refractivity contribution in [3.8, 4) is 0 Å². The normalized spacial score (nSPS) is 12.2. The van der Waals surface area contributed by atoms with E-state index in [2.05, 4.69) is 14.8 Å². The Bertz CT molecular complexity index is 992. The Labute approximate surface area is 137 Å². The molecule has 0 saturated carbocycles. The predicted molar refractivity (Wildman–Crippen MR) is 85.5 cm³/mol. The summed E-state index contributed by atoms with van der Waals surface area (Å²) in [5.41, 5.74) is 1.69. The van der Waals surface area contributed by atoms with Crippen LogP contribution in [0.1, 0.15) is 22.0 Å². The second-order valence-electron chi connectivity index (χ2n) is 5.19. The molecule has 3 rings (SSSR count). The largest absolute Gasteiger partial charge is 0.240 e. The van der Waals surface area contributed by atoms with E-state index >= 15 is 0 Å². The van der Waals surface area contributed by atoms with Crippen molar-refractivity contribution in [2.75, 3.05) is 0 Å². The van der Waals surface area contributed by atoms with Gasteiger partial charge in [0.05, 0.1) is 22.8 Å². The zero-order valence-corrected chi connectivity index (χ0v) is 14.4. The van der Waals surface area contributed by atoms with Gasteiger partial charge in [0, 0.05) is 0 Å². The number of benzene rings is 1. The van der Waals surface area contributed by atoms with E-state index in [-0.39, 0.29) is 17.0 Å². The molecule has 0 aliphatic rings. The topological polar surface area (TPSA) is 76.4 Å². The number of aryl methyl sites for hydroxylation is 3. The zero-order valence-electron chi connectivity index (χ0n) is 12.8. The fourth-order valence-electron chi connectivity index (χ4n) is 2.22. The van der Waals surface area contributed by atoms with Crippen molar-refractivity contribution in [1.82, 2.24) is 19.3 Å². The minimum atomic E-state index is -3.74. The van der Waals surface area contributed by atoms with Crippen LogP contribution in [-0.4, -0.2) is 23.0 Å². The van der Waals surface area contributed by atoms with Gasteiger partial charge in [-0.3, -0.25) is 0 Å². The Hall–Kier alpha value is -1.84. The number of hydrogen-bond acceptors (Lipinski definition) is 5. The van der Waals surface area contributed by atoms with Crippen LogP contribution in [0.5, 0.6) is 0 Å². The first-order chi connectivity index (χ1) is 10.8. The third-order valence-corrected chi connectivity index (χ3v) is 5.69. The average Bonchev–Trinajstić information content (AvgIpc) is 2.94. The number of rotatable bonds is 4. The molecule has 0 spiro atoms. The van der Waals surface area contributed by atoms with E-state index in [1.165, 1.54) is 30.4 Å². The second kappa shape index (κ2) is 5.66. The lowest BCUT2D eigenvalue weighted by Crippen LogP contribution is -2.24. The van der Waals surface area contributed by atoms with Crippen LogP contribution in [-0.2, 0) is 16.6 Å². The van der Waals surface area contributed by atoms with Crippen LogP contribution in [0.2, 0.25) is 0 Å². The van der Waals surface area contributed by atoms with Crippen LogP contribution in [0.25, 0.3) is 4.96 Å². The SMILES string of the molecule is Cc1nn2c(CNS(=O)(=O)c3ccc(F)c(C)c3)c(C)nc2s1. The van der Waals surface area contributed by atoms with Gasteiger partial charge < -0.3 is 0 Å². The highest BCUT2D eigenvalue weighted by atomic mass is 32.2. The minimum absolute atomic E-state index is 0.0317. The molecule has 23 heavy (non-hydrogen) atoms. The molecule has 0 radical (unpaired) electrons. The molecule has 1 N–H and O–H groups in total. The van der Waals surface area contributed by atoms with Crippen LogP contribution in [0, 0.1) is 26.6 Å². The smallest absolute Gasteiger partial charge is 0.223 e. The first-order valence-electron chi connectivity index (χ1n) is 6.85. The van der Waals surface area contributed by atoms with Gasteiger partial charge in [-0.1, -0.05) is 11.3 Å². The maximum atomic E-state index is 13.3. The van der Waals surface area contributed by atoms with E-state index in [1.807, 2.05) is 13.8 Å². The molecular formula is C14H15FN4O2S2. The molecule has 2 aromatic heterocycles. The third-order valence-electron chi connectivity index (χ3n) is 3.47. The van der Waals surface area contributed by atoms with Crippen molar-refractivity contribution < 1.29 is 12.8 Å². The Morgan fingerprint density at radius 3 is 2.74 bits per heavy atom. The van der Waals surface area contributed by atoms with Gasteiger partial charge in [-0.15, -0.1) is 0 Å². The van der Waals surface area contributed by atoms with Crippen LogP contribution in [0.4, 0.5) is 4.39 Å². The molecule has 0 fully saturated rings. The van der Waals surface area contributed by atoms with E-state index in [0.717, 1.165) is 21.7 Å². The lowest BCUT2D eigenvalue weighted by molar-refractivity contribution is 0.578. The van der Waals surface area contributed by atoms with Crippen LogP contribution < -0.4 is 4.72 Å². The number of fused-ring (bicyclic) bond motifs is 1. The summed E-state index contributed by atoms with van der Waals surface area (Å²) < 4.78 is 42.2. The van der Waals surface area contributed by atoms with Crippen molar-refractivity contribution in [2.45, 2.75) is 32.2 Å². The van der Waals surface area contributed by atoms with Crippen LogP contribution in [0.3, 0.4) is 0 Å². The summed E-state index contributed by atoms with van der Waals surface area (Å²) >= 11 is 1.44. The molecule has 9 heteroatoms. The Morgan fingerprint density at radius 2 is 2.04 bits per heavy atom. The van der Waals surface area contributed by atoms with Gasteiger partial charge >= 0.3 is 0 Å². The summed E-state index contributed by atoms with van der Waals surface area (Å²) in [6, 6.07) is 3.70. The number of aromatic nitrogens is 3. The summed E-state index contributed by atoms with van der Waals surface area (Å²) in [5.74, 6) is -0.435. The standard InChI is InChI=1S/C14H15FN4O2S2/c1-8-6-11(4-5-12(8)15)23(20,21)16-7-13-9(2)17-14-19(13)18-10(3)22-14/h4-6,16H,7H2,1-3H3. The van der Waals surface area contributed by atoms with E-state index in [4.69, 9.17) is 0 Å². The van der Waals surface area contributed by atoms with Crippen LogP contribution in [0.15, 0.2) is 23.1 Å². The van der Waals surface area contributed by atoms with Gasteiger partial charge in [0.25, 0.3) is 0 Å². The van der Waals surface area contributed by atoms with E-state index in [9.17, 15) is 12.8 Å². The fourth-order valence-corrected chi connectivity index (χ4v) is 4.10. The van der Waals surface area contributed by atoms with Crippen molar-refractivity contribution in [1.29, 1.82) is 0 Å². The molecule has 0 amide bonds. The second-order valence-corrected chi connectivity index (χ2v) is 8.12. The Balaban J connectivity index is 1.88. The maximum absolute atomic E-state index is 13.3. The maximum Gasteiger partial charge on any atom is 0.240 e. The highest BCUT2D eigenvalue weighted by Gasteiger charge is 2.18. The first kappa shape index (κ1) is 16.0. The van der Waals surface area contributed by atoms with Crippen molar-refractivity contribution in [3.05, 3.63) is 46.0 Å². The molecule has 122 valence electrons. The lowest BCUT2D eigenvalue weighted by Gasteiger charge is -2.08. The molecule has 1 aromatic carbocycles. The van der Waals surface area contributed by atoms with E-state index in [1.54, 1.807) is 4.52 Å². The lowest BCUT2D eigenvalue weighted by atomic mass is 10.2. The van der Waals surface area contributed by atoms with Crippen molar-refractivity contribution in [2.24, 2.45) is 0 Å². The summed E-state index contributed by atoms with van der Waals surface area (Å²) in [4.78, 5) is 5.13. The van der Waals surface area contributed by atoms with E-state index in [0.29, 0.717) is 5.69 Å². The molecule has 0 bridgehead atoms. The quantitative estimate of drug-likeness (QED) is 0.780. The highest BCUT2D eigenvalue weighted by Crippen LogP contribution is 2.19. The summed E-state index contributed by atoms with van der Waals surface area (Å²) in [6.45, 7) is 5.26. The van der Waals surface area contributed by atoms with Gasteiger partial charge in [0.15, 0.2) is 0 Å². The summed E-state index contributed by atoms with van der Waals surface area (Å²) in [7, 11) is -3.74. The molecule has 0 atom stereocenters. The number of sulfonamides is 1. The Morgan fingerprint density at radius 1 is 1.30 bits per heavy atom. The van der Waals surface area contributed by atoms with Crippen molar-refractivity contribution in [3.63, 3.8) is 0 Å². The monoisotopic (exact) mass is 354 g/mol. The Kier molecular flexibility index (Phi) is 3.95. The average molecular weight is 354 g/mol. The molecular weight excluding hydrogens is 339 g/mol. The number of hydrogen-bond donors (Lipinski definition) is 1. The fraction of sp³-hybridized carbons (Fsp3) is 0.286. The van der Waals surface area contributed by atoms with Gasteiger partial charge in [-0.05, 0) is 44.5 Å². The molecule has 6 nitrogen and oxygen atoms in total. The summed E-state index contributed by atoms with van der Waals surface area (Å²) in [5, 5.41) is 5.17. The number of imidazole rings is 1.